The van der Waals surface area contributed by atoms with Crippen molar-refractivity contribution in [3.8, 4) is 0 Å². The Kier molecular flexibility index (Phi) is 4.79. The highest BCUT2D eigenvalue weighted by atomic mass is 32.2. The summed E-state index contributed by atoms with van der Waals surface area (Å²) in [5.41, 5.74) is 0. The highest BCUT2D eigenvalue weighted by Crippen LogP contribution is 2.25. The van der Waals surface area contributed by atoms with Gasteiger partial charge in [-0.1, -0.05) is 19.8 Å². The van der Waals surface area contributed by atoms with E-state index in [-0.39, 0.29) is 0 Å². The molecule has 0 aromatic heterocycles. The Bertz CT molecular complexity index is 182. The first-order chi connectivity index (χ1) is 7.34. The molecule has 2 fully saturated rings. The predicted octanol–water partition coefficient (Wildman–Crippen LogP) is 2.43. The molecular weight excluding hydrogens is 206 g/mol. The summed E-state index contributed by atoms with van der Waals surface area (Å²) in [7, 11) is 0. The zero-order valence-corrected chi connectivity index (χ0v) is 10.5. The lowest BCUT2D eigenvalue weighted by atomic mass is 10.2. The van der Waals surface area contributed by atoms with Crippen LogP contribution in [-0.4, -0.2) is 36.3 Å². The van der Waals surface area contributed by atoms with E-state index < -0.39 is 0 Å². The van der Waals surface area contributed by atoms with E-state index in [0.29, 0.717) is 6.10 Å². The molecule has 1 aliphatic heterocycles. The maximum absolute atomic E-state index is 5.82. The van der Waals surface area contributed by atoms with Gasteiger partial charge in [-0.2, -0.15) is 11.8 Å². The second kappa shape index (κ2) is 6.12. The Balaban J connectivity index is 1.48. The predicted molar refractivity (Wildman–Crippen MR) is 66.5 cm³/mol. The molecule has 0 amide bonds. The molecule has 0 radical (unpaired) electrons. The molecule has 2 aliphatic rings. The number of rotatable bonds is 5. The van der Waals surface area contributed by atoms with Crippen LogP contribution in [0.15, 0.2) is 0 Å². The molecule has 1 aliphatic carbocycles. The summed E-state index contributed by atoms with van der Waals surface area (Å²) in [6.45, 7) is 4.26. The van der Waals surface area contributed by atoms with E-state index in [1.165, 1.54) is 37.9 Å². The number of ether oxygens (including phenoxy) is 1. The second-order valence-corrected chi connectivity index (χ2v) is 6.28. The second-order valence-electron chi connectivity index (χ2n) is 4.81. The van der Waals surface area contributed by atoms with Crippen LogP contribution in [-0.2, 0) is 4.74 Å². The fraction of sp³-hybridized carbons (Fsp3) is 1.00. The summed E-state index contributed by atoms with van der Waals surface area (Å²) in [4.78, 5) is 0. The van der Waals surface area contributed by atoms with Gasteiger partial charge in [-0.25, -0.2) is 0 Å². The Hall–Kier alpha value is 0.270. The summed E-state index contributed by atoms with van der Waals surface area (Å²) < 4.78 is 5.82. The molecule has 1 heterocycles. The van der Waals surface area contributed by atoms with Gasteiger partial charge < -0.3 is 10.1 Å². The molecule has 1 saturated carbocycles. The van der Waals surface area contributed by atoms with Gasteiger partial charge in [-0.05, 0) is 19.3 Å². The third kappa shape index (κ3) is 3.97. The van der Waals surface area contributed by atoms with Gasteiger partial charge >= 0.3 is 0 Å². The lowest BCUT2D eigenvalue weighted by Crippen LogP contribution is -2.32. The molecule has 0 aromatic carbocycles. The van der Waals surface area contributed by atoms with E-state index in [9.17, 15) is 0 Å². The van der Waals surface area contributed by atoms with E-state index in [2.05, 4.69) is 24.0 Å². The van der Waals surface area contributed by atoms with E-state index >= 15 is 0 Å². The zero-order valence-electron chi connectivity index (χ0n) is 9.71. The molecule has 0 spiro atoms. The third-order valence-electron chi connectivity index (χ3n) is 3.39. The standard InChI is InChI=1S/C12H23NOS/c1-10-8-11(9-15-10)13-6-7-14-12-4-2-3-5-12/h10-13H,2-9H2,1H3. The van der Waals surface area contributed by atoms with E-state index in [0.717, 1.165) is 24.4 Å². The topological polar surface area (TPSA) is 21.3 Å². The van der Waals surface area contributed by atoms with Crippen LogP contribution < -0.4 is 5.32 Å². The number of hydrogen-bond acceptors (Lipinski definition) is 3. The Labute approximate surface area is 97.5 Å². The average Bonchev–Trinajstić information content (AvgIpc) is 2.84. The fourth-order valence-corrected chi connectivity index (χ4v) is 3.69. The van der Waals surface area contributed by atoms with Gasteiger partial charge in [-0.3, -0.25) is 0 Å². The van der Waals surface area contributed by atoms with Gasteiger partial charge in [0.25, 0.3) is 0 Å². The lowest BCUT2D eigenvalue weighted by molar-refractivity contribution is 0.0594. The van der Waals surface area contributed by atoms with Gasteiger partial charge in [-0.15, -0.1) is 0 Å². The van der Waals surface area contributed by atoms with Gasteiger partial charge in [0.1, 0.15) is 0 Å². The van der Waals surface area contributed by atoms with Crippen LogP contribution in [0.1, 0.15) is 39.0 Å². The Morgan fingerprint density at radius 2 is 2.13 bits per heavy atom. The van der Waals surface area contributed by atoms with Gasteiger partial charge in [0, 0.05) is 23.6 Å². The van der Waals surface area contributed by atoms with Crippen LogP contribution in [0.25, 0.3) is 0 Å². The minimum absolute atomic E-state index is 0.573. The average molecular weight is 229 g/mol. The SMILES string of the molecule is CC1CC(NCCOC2CCCC2)CS1. The number of nitrogens with one attached hydrogen (secondary N) is 1. The van der Waals surface area contributed by atoms with Crippen LogP contribution >= 0.6 is 11.8 Å². The van der Waals surface area contributed by atoms with E-state index in [4.69, 9.17) is 4.74 Å². The van der Waals surface area contributed by atoms with Crippen molar-refractivity contribution in [2.45, 2.75) is 56.4 Å². The van der Waals surface area contributed by atoms with E-state index in [1.54, 1.807) is 0 Å². The van der Waals surface area contributed by atoms with Crippen LogP contribution in [0.3, 0.4) is 0 Å². The monoisotopic (exact) mass is 229 g/mol. The molecular formula is C12H23NOS. The van der Waals surface area contributed by atoms with Crippen molar-refractivity contribution in [3.05, 3.63) is 0 Å². The lowest BCUT2D eigenvalue weighted by Gasteiger charge is -2.14. The Morgan fingerprint density at radius 1 is 1.33 bits per heavy atom. The smallest absolute Gasteiger partial charge is 0.0594 e. The summed E-state index contributed by atoms with van der Waals surface area (Å²) >= 11 is 2.09. The quantitative estimate of drug-likeness (QED) is 0.732. The largest absolute Gasteiger partial charge is 0.377 e. The minimum Gasteiger partial charge on any atom is -0.377 e. The van der Waals surface area contributed by atoms with Gasteiger partial charge in [0.05, 0.1) is 12.7 Å². The maximum atomic E-state index is 5.82. The maximum Gasteiger partial charge on any atom is 0.0594 e. The molecule has 2 atom stereocenters. The van der Waals surface area contributed by atoms with Crippen molar-refractivity contribution < 1.29 is 4.74 Å². The van der Waals surface area contributed by atoms with Gasteiger partial charge in [0.2, 0.25) is 0 Å². The van der Waals surface area contributed by atoms with Crippen molar-refractivity contribution in [2.24, 2.45) is 0 Å². The highest BCUT2D eigenvalue weighted by molar-refractivity contribution is 8.00. The third-order valence-corrected chi connectivity index (χ3v) is 4.75. The molecule has 0 bridgehead atoms. The molecule has 3 heteroatoms. The van der Waals surface area contributed by atoms with Crippen molar-refractivity contribution in [1.29, 1.82) is 0 Å². The van der Waals surface area contributed by atoms with Crippen LogP contribution in [0.2, 0.25) is 0 Å². The first kappa shape index (κ1) is 11.7. The molecule has 1 saturated heterocycles. The number of hydrogen-bond donors (Lipinski definition) is 1. The van der Waals surface area contributed by atoms with Crippen molar-refractivity contribution in [2.75, 3.05) is 18.9 Å². The number of thioether (sulfide) groups is 1. The molecule has 2 unspecified atom stereocenters. The zero-order chi connectivity index (χ0) is 10.5. The minimum atomic E-state index is 0.573. The molecule has 2 rings (SSSR count). The highest BCUT2D eigenvalue weighted by Gasteiger charge is 2.21. The van der Waals surface area contributed by atoms with Crippen LogP contribution in [0.5, 0.6) is 0 Å². The fourth-order valence-electron chi connectivity index (χ4n) is 2.50. The summed E-state index contributed by atoms with van der Waals surface area (Å²) in [5.74, 6) is 1.28. The van der Waals surface area contributed by atoms with Crippen molar-refractivity contribution in [1.82, 2.24) is 5.32 Å². The van der Waals surface area contributed by atoms with Crippen molar-refractivity contribution in [3.63, 3.8) is 0 Å². The normalized spacial score (nSPS) is 32.6. The molecule has 1 N–H and O–H groups in total. The molecule has 15 heavy (non-hydrogen) atoms. The van der Waals surface area contributed by atoms with E-state index in [1.807, 2.05) is 0 Å². The Morgan fingerprint density at radius 3 is 2.80 bits per heavy atom. The molecule has 0 aromatic rings. The van der Waals surface area contributed by atoms with Crippen LogP contribution in [0.4, 0.5) is 0 Å². The van der Waals surface area contributed by atoms with Crippen molar-refractivity contribution >= 4 is 11.8 Å². The molecule has 88 valence electrons. The summed E-state index contributed by atoms with van der Waals surface area (Å²) in [5, 5.41) is 4.44. The summed E-state index contributed by atoms with van der Waals surface area (Å²) in [6, 6.07) is 0.733. The first-order valence-electron chi connectivity index (χ1n) is 6.31. The van der Waals surface area contributed by atoms with Gasteiger partial charge in [0.15, 0.2) is 0 Å². The first-order valence-corrected chi connectivity index (χ1v) is 7.36. The van der Waals surface area contributed by atoms with Crippen LogP contribution in [0, 0.1) is 0 Å². The molecule has 2 nitrogen and oxygen atoms in total. The summed E-state index contributed by atoms with van der Waals surface area (Å²) in [6.07, 6.45) is 7.22.